The molecule has 154 valence electrons. The smallest absolute Gasteiger partial charge is 0.284 e. The van der Waals surface area contributed by atoms with Gasteiger partial charge in [0.25, 0.3) is 40.5 Å². The van der Waals surface area contributed by atoms with E-state index in [1.54, 1.807) is 0 Å². The lowest BCUT2D eigenvalue weighted by Crippen LogP contribution is -2.29. The van der Waals surface area contributed by atoms with E-state index in [4.69, 9.17) is 18.2 Å². The van der Waals surface area contributed by atoms with Crippen molar-refractivity contribution >= 4 is 46.2 Å². The molecule has 0 bridgehead atoms. The lowest BCUT2D eigenvalue weighted by molar-refractivity contribution is 0.327. The van der Waals surface area contributed by atoms with Crippen molar-refractivity contribution in [2.24, 2.45) is 10.3 Å². The third kappa shape index (κ3) is 8.21. The highest BCUT2D eigenvalue weighted by Gasteiger charge is 2.22. The lowest BCUT2D eigenvalue weighted by atomic mass is 10.3. The Hall–Kier alpha value is -1.74. The third-order valence-corrected chi connectivity index (χ3v) is 5.39. The monoisotopic (exact) mass is 469 g/mol. The van der Waals surface area contributed by atoms with Crippen molar-refractivity contribution in [3.63, 3.8) is 0 Å². The fourth-order valence-corrected chi connectivity index (χ4v) is 3.91. The Kier molecular flexibility index (Phi) is 6.65. The molecule has 4 N–H and O–H groups in total. The largest absolute Gasteiger partial charge is 0.296 e. The second-order valence-corrected chi connectivity index (χ2v) is 10.4. The van der Waals surface area contributed by atoms with Gasteiger partial charge < -0.3 is 0 Å². The van der Waals surface area contributed by atoms with E-state index in [1.165, 1.54) is 0 Å². The normalized spacial score (nSPS) is 13.8. The van der Waals surface area contributed by atoms with Gasteiger partial charge in [-0.15, -0.1) is 5.11 Å². The number of benzene rings is 1. The average molecular weight is 469 g/mol. The minimum Gasteiger partial charge on any atom is -0.284 e. The highest BCUT2D eigenvalue weighted by Crippen LogP contribution is 2.27. The van der Waals surface area contributed by atoms with Crippen LogP contribution >= 0.6 is 0 Å². The quantitative estimate of drug-likeness (QED) is 0.206. The Balaban J connectivity index is 3.46. The fourth-order valence-electron chi connectivity index (χ4n) is 1.52. The van der Waals surface area contributed by atoms with Crippen molar-refractivity contribution < 1.29 is 51.9 Å². The molecule has 0 atom stereocenters. The molecule has 0 saturated heterocycles. The first-order chi connectivity index (χ1) is 11.9. The fraction of sp³-hybridized carbons (Fsp3) is 0.250. The van der Waals surface area contributed by atoms with E-state index in [2.05, 4.69) is 10.3 Å². The first-order valence-corrected chi connectivity index (χ1v) is 12.1. The average Bonchev–Trinajstić information content (AvgIpc) is 2.39. The van der Waals surface area contributed by atoms with Crippen LogP contribution in [0, 0.1) is 0 Å². The Morgan fingerprint density at radius 2 is 1.26 bits per heavy atom. The maximum absolute atomic E-state index is 11.3. The Morgan fingerprint density at radius 3 is 1.63 bits per heavy atom. The Labute approximate surface area is 153 Å². The van der Waals surface area contributed by atoms with Gasteiger partial charge in [-0.25, -0.2) is 5.01 Å². The molecule has 1 aromatic rings. The van der Waals surface area contributed by atoms with Gasteiger partial charge in [-0.05, 0) is 18.2 Å². The van der Waals surface area contributed by atoms with Crippen molar-refractivity contribution in [3.8, 4) is 0 Å². The number of hydrogen-bond acceptors (Lipinski definition) is 10. The SMILES string of the molecule is O=S(=O)(O)CN(CS(=O)(=O)O)N=Nc1ccc(S(=O)(=O)O)cc1S(=O)(=O)O. The van der Waals surface area contributed by atoms with E-state index in [-0.39, 0.29) is 5.01 Å². The summed E-state index contributed by atoms with van der Waals surface area (Å²) in [6.07, 6.45) is 0. The van der Waals surface area contributed by atoms with E-state index in [0.29, 0.717) is 18.2 Å². The molecule has 0 fully saturated rings. The molecule has 0 spiro atoms. The summed E-state index contributed by atoms with van der Waals surface area (Å²) >= 11 is 0. The van der Waals surface area contributed by atoms with Crippen molar-refractivity contribution in [3.05, 3.63) is 18.2 Å². The predicted octanol–water partition coefficient (Wildman–Crippen LogP) is -0.829. The van der Waals surface area contributed by atoms with E-state index in [1.807, 2.05) is 0 Å². The van der Waals surface area contributed by atoms with E-state index < -0.39 is 67.7 Å². The summed E-state index contributed by atoms with van der Waals surface area (Å²) in [7, 11) is -19.7. The Morgan fingerprint density at radius 1 is 0.778 bits per heavy atom. The van der Waals surface area contributed by atoms with Crippen LogP contribution in [0.2, 0.25) is 0 Å². The van der Waals surface area contributed by atoms with Gasteiger partial charge in [0.15, 0.2) is 11.8 Å². The van der Waals surface area contributed by atoms with Crippen LogP contribution in [0.15, 0.2) is 38.3 Å². The molecule has 0 aliphatic carbocycles. The summed E-state index contributed by atoms with van der Waals surface area (Å²) in [6.45, 7) is 0. The summed E-state index contributed by atoms with van der Waals surface area (Å²) < 4.78 is 123. The van der Waals surface area contributed by atoms with Crippen LogP contribution in [0.1, 0.15) is 0 Å². The van der Waals surface area contributed by atoms with Gasteiger partial charge in [-0.1, -0.05) is 5.22 Å². The zero-order valence-corrected chi connectivity index (χ0v) is 15.9. The highest BCUT2D eigenvalue weighted by atomic mass is 32.2. The first kappa shape index (κ1) is 23.3. The van der Waals surface area contributed by atoms with Crippen LogP contribution in [-0.2, 0) is 40.5 Å². The summed E-state index contributed by atoms with van der Waals surface area (Å²) in [6, 6.07) is 1.58. The van der Waals surface area contributed by atoms with Gasteiger partial charge in [0.05, 0.1) is 4.90 Å². The predicted molar refractivity (Wildman–Crippen MR) is 85.3 cm³/mol. The molecule has 0 aliphatic heterocycles. The second kappa shape index (κ2) is 7.71. The summed E-state index contributed by atoms with van der Waals surface area (Å²) in [5.41, 5.74) is -0.791. The van der Waals surface area contributed by atoms with Gasteiger partial charge in [-0.2, -0.15) is 33.7 Å². The highest BCUT2D eigenvalue weighted by molar-refractivity contribution is 7.87. The molecule has 0 amide bonds. The van der Waals surface area contributed by atoms with Gasteiger partial charge in [0.2, 0.25) is 0 Å². The Bertz CT molecular complexity index is 1130. The molecule has 27 heavy (non-hydrogen) atoms. The lowest BCUT2D eigenvalue weighted by Gasteiger charge is -2.13. The maximum atomic E-state index is 11.3. The van der Waals surface area contributed by atoms with E-state index in [0.717, 1.165) is 0 Å². The zero-order valence-electron chi connectivity index (χ0n) is 12.7. The van der Waals surface area contributed by atoms with Crippen molar-refractivity contribution in [1.29, 1.82) is 0 Å². The maximum Gasteiger partial charge on any atom is 0.296 e. The molecular weight excluding hydrogens is 458 g/mol. The number of hydrogen-bond donors (Lipinski definition) is 4. The van der Waals surface area contributed by atoms with Crippen molar-refractivity contribution in [2.75, 3.05) is 11.8 Å². The summed E-state index contributed by atoms with van der Waals surface area (Å²) in [5, 5.41) is 6.18. The van der Waals surface area contributed by atoms with E-state index in [9.17, 15) is 33.7 Å². The first-order valence-electron chi connectivity index (χ1n) is 6.04. The van der Waals surface area contributed by atoms with Gasteiger partial charge in [0.1, 0.15) is 10.6 Å². The number of rotatable bonds is 8. The van der Waals surface area contributed by atoms with Crippen LogP contribution in [0.25, 0.3) is 0 Å². The van der Waals surface area contributed by atoms with Gasteiger partial charge in [0, 0.05) is 0 Å². The van der Waals surface area contributed by atoms with Crippen molar-refractivity contribution in [1.82, 2.24) is 5.01 Å². The number of nitrogens with zero attached hydrogens (tertiary/aromatic N) is 3. The molecular formula is C8H11N3O12S4. The minimum absolute atomic E-state index is 0.00906. The second-order valence-electron chi connectivity index (χ2n) is 4.70. The molecule has 0 saturated carbocycles. The molecule has 1 aromatic carbocycles. The molecule has 0 aliphatic rings. The molecule has 1 rings (SSSR count). The molecule has 0 heterocycles. The minimum atomic E-state index is -5.12. The van der Waals surface area contributed by atoms with Gasteiger partial charge in [-0.3, -0.25) is 18.2 Å². The standard InChI is InChI=1S/C8H11N3O12S4/c12-24(13,14)4-11(5-25(15,16)17)10-9-7-2-1-6(26(18,19)20)3-8(7)27(21,22)23/h1-3H,4-5H2,(H,12,13,14)(H,15,16,17)(H,18,19,20)(H,21,22,23). The zero-order chi connectivity index (χ0) is 21.3. The van der Waals surface area contributed by atoms with Crippen LogP contribution in [0.5, 0.6) is 0 Å². The topological polar surface area (TPSA) is 245 Å². The van der Waals surface area contributed by atoms with Crippen LogP contribution in [0.4, 0.5) is 5.69 Å². The molecule has 15 nitrogen and oxygen atoms in total. The summed E-state index contributed by atoms with van der Waals surface area (Å²) in [5.74, 6) is -2.94. The molecule has 0 radical (unpaired) electrons. The molecule has 0 unspecified atom stereocenters. The van der Waals surface area contributed by atoms with Gasteiger partial charge >= 0.3 is 0 Å². The van der Waals surface area contributed by atoms with Crippen LogP contribution in [0.3, 0.4) is 0 Å². The van der Waals surface area contributed by atoms with Crippen molar-refractivity contribution in [2.45, 2.75) is 9.79 Å². The third-order valence-electron chi connectivity index (χ3n) is 2.41. The van der Waals surface area contributed by atoms with Crippen LogP contribution < -0.4 is 0 Å². The molecule has 0 aromatic heterocycles. The summed E-state index contributed by atoms with van der Waals surface area (Å²) in [4.78, 5) is -2.12. The van der Waals surface area contributed by atoms with E-state index >= 15 is 0 Å². The van der Waals surface area contributed by atoms with Crippen LogP contribution in [-0.4, -0.2) is 68.6 Å². The molecule has 19 heteroatoms.